The third-order valence-corrected chi connectivity index (χ3v) is 6.05. The topological polar surface area (TPSA) is 116 Å². The molecule has 160 valence electrons. The van der Waals surface area contributed by atoms with E-state index in [0.717, 1.165) is 4.31 Å². The van der Waals surface area contributed by atoms with Crippen LogP contribution in [-0.2, 0) is 14.8 Å². The highest BCUT2D eigenvalue weighted by Gasteiger charge is 2.27. The van der Waals surface area contributed by atoms with Crippen LogP contribution in [0.1, 0.15) is 5.56 Å². The number of sulfonamides is 1. The molecular weight excluding hydrogens is 414 g/mol. The van der Waals surface area contributed by atoms with E-state index < -0.39 is 22.5 Å². The molecule has 11 heteroatoms. The second-order valence-corrected chi connectivity index (χ2v) is 8.20. The molecule has 3 rings (SSSR count). The van der Waals surface area contributed by atoms with Gasteiger partial charge in [-0.05, 0) is 35.9 Å². The Kier molecular flexibility index (Phi) is 6.43. The summed E-state index contributed by atoms with van der Waals surface area (Å²) >= 11 is 0. The fraction of sp³-hybridized carbons (Fsp3) is 0.263. The number of ether oxygens (including phenoxy) is 4. The van der Waals surface area contributed by atoms with Gasteiger partial charge in [0.2, 0.25) is 16.8 Å². The maximum atomic E-state index is 12.9. The molecule has 0 aromatic heterocycles. The number of likely N-dealkylation sites (N-methyl/N-ethyl adjacent to an activating group) is 1. The standard InChI is InChI=1S/C19H21N3O7S/c1-22(30(24,25)18-9-14(26-2)5-7-16(18)27-3)11-19(23)21-20-10-13-4-6-15-17(8-13)29-12-28-15/h4-10H,11-12H2,1-3H3,(H,21,23)/b20-10-. The summed E-state index contributed by atoms with van der Waals surface area (Å²) in [6.07, 6.45) is 1.42. The van der Waals surface area contributed by atoms with Crippen molar-refractivity contribution in [3.05, 3.63) is 42.0 Å². The molecule has 0 radical (unpaired) electrons. The molecule has 0 aliphatic carbocycles. The third-order valence-electron chi connectivity index (χ3n) is 4.22. The van der Waals surface area contributed by atoms with Crippen LogP contribution in [0.2, 0.25) is 0 Å². The van der Waals surface area contributed by atoms with Crippen LogP contribution in [0.5, 0.6) is 23.0 Å². The van der Waals surface area contributed by atoms with Crippen molar-refractivity contribution in [2.75, 3.05) is 34.6 Å². The van der Waals surface area contributed by atoms with Crippen molar-refractivity contribution in [3.8, 4) is 23.0 Å². The Balaban J connectivity index is 1.65. The molecule has 10 nitrogen and oxygen atoms in total. The lowest BCUT2D eigenvalue weighted by molar-refractivity contribution is -0.121. The zero-order valence-electron chi connectivity index (χ0n) is 16.6. The molecule has 0 saturated carbocycles. The number of hydrogen-bond donors (Lipinski definition) is 1. The number of hydrazone groups is 1. The van der Waals surface area contributed by atoms with E-state index in [-0.39, 0.29) is 17.4 Å². The first-order valence-corrected chi connectivity index (χ1v) is 10.2. The third kappa shape index (κ3) is 4.63. The van der Waals surface area contributed by atoms with Crippen LogP contribution in [0, 0.1) is 0 Å². The van der Waals surface area contributed by atoms with Crippen LogP contribution in [0.3, 0.4) is 0 Å². The van der Waals surface area contributed by atoms with Crippen molar-refractivity contribution < 1.29 is 32.2 Å². The van der Waals surface area contributed by atoms with Gasteiger partial charge in [0.15, 0.2) is 11.5 Å². The number of fused-ring (bicyclic) bond motifs is 1. The van der Waals surface area contributed by atoms with Crippen LogP contribution in [-0.4, -0.2) is 59.4 Å². The summed E-state index contributed by atoms with van der Waals surface area (Å²) in [6, 6.07) is 9.58. The number of methoxy groups -OCH3 is 2. The first-order chi connectivity index (χ1) is 14.3. The van der Waals surface area contributed by atoms with Crippen LogP contribution >= 0.6 is 0 Å². The summed E-state index contributed by atoms with van der Waals surface area (Å²) in [4.78, 5) is 12.0. The molecule has 1 N–H and O–H groups in total. The van der Waals surface area contributed by atoms with Crippen molar-refractivity contribution in [2.24, 2.45) is 5.10 Å². The molecule has 30 heavy (non-hydrogen) atoms. The van der Waals surface area contributed by atoms with Crippen molar-refractivity contribution in [1.82, 2.24) is 9.73 Å². The molecule has 0 unspecified atom stereocenters. The largest absolute Gasteiger partial charge is 0.497 e. The van der Waals surface area contributed by atoms with Gasteiger partial charge in [-0.2, -0.15) is 9.41 Å². The Morgan fingerprint density at radius 1 is 1.17 bits per heavy atom. The molecule has 0 saturated heterocycles. The minimum absolute atomic E-state index is 0.108. The number of benzene rings is 2. The first kappa shape index (κ1) is 21.4. The second kappa shape index (κ2) is 9.01. The number of carbonyl (C=O) groups excluding carboxylic acids is 1. The average molecular weight is 435 g/mol. The van der Waals surface area contributed by atoms with Gasteiger partial charge in [0, 0.05) is 13.1 Å². The first-order valence-electron chi connectivity index (χ1n) is 8.75. The molecule has 0 fully saturated rings. The van der Waals surface area contributed by atoms with E-state index in [1.54, 1.807) is 24.3 Å². The summed E-state index contributed by atoms with van der Waals surface area (Å²) in [5.41, 5.74) is 2.98. The fourth-order valence-corrected chi connectivity index (χ4v) is 3.94. The summed E-state index contributed by atoms with van der Waals surface area (Å²) in [7, 11) is 0.0625. The smallest absolute Gasteiger partial charge is 0.255 e. The number of hydrogen-bond acceptors (Lipinski definition) is 8. The molecule has 2 aromatic carbocycles. The van der Waals surface area contributed by atoms with Crippen molar-refractivity contribution >= 4 is 22.1 Å². The Hall–Kier alpha value is -3.31. The SMILES string of the molecule is COc1ccc(OC)c(S(=O)(=O)N(C)CC(=O)N/N=C\c2ccc3c(c2)OCO3)c1. The molecule has 1 amide bonds. The van der Waals surface area contributed by atoms with Crippen LogP contribution in [0.15, 0.2) is 46.4 Å². The van der Waals surface area contributed by atoms with Crippen molar-refractivity contribution in [3.63, 3.8) is 0 Å². The van der Waals surface area contributed by atoms with Gasteiger partial charge in [0.05, 0.1) is 27.0 Å². The van der Waals surface area contributed by atoms with Crippen molar-refractivity contribution in [2.45, 2.75) is 4.90 Å². The van der Waals surface area contributed by atoms with Gasteiger partial charge in [-0.1, -0.05) is 0 Å². The molecule has 1 heterocycles. The minimum atomic E-state index is -4.01. The monoisotopic (exact) mass is 435 g/mol. The number of nitrogens with one attached hydrogen (secondary N) is 1. The maximum Gasteiger partial charge on any atom is 0.255 e. The van der Waals surface area contributed by atoms with Gasteiger partial charge < -0.3 is 18.9 Å². The normalized spacial score (nSPS) is 12.9. The number of rotatable bonds is 8. The molecule has 1 aliphatic heterocycles. The number of carbonyl (C=O) groups is 1. The van der Waals surface area contributed by atoms with Crippen LogP contribution < -0.4 is 24.4 Å². The van der Waals surface area contributed by atoms with Gasteiger partial charge in [0.25, 0.3) is 5.91 Å². The maximum absolute atomic E-state index is 12.9. The average Bonchev–Trinajstić information content (AvgIpc) is 3.21. The predicted octanol–water partition coefficient (Wildman–Crippen LogP) is 1.20. The Morgan fingerprint density at radius 2 is 1.93 bits per heavy atom. The van der Waals surface area contributed by atoms with Crippen molar-refractivity contribution in [1.29, 1.82) is 0 Å². The van der Waals surface area contributed by atoms with E-state index >= 15 is 0 Å². The van der Waals surface area contributed by atoms with E-state index in [4.69, 9.17) is 18.9 Å². The zero-order valence-corrected chi connectivity index (χ0v) is 17.4. The zero-order chi connectivity index (χ0) is 21.7. The highest BCUT2D eigenvalue weighted by molar-refractivity contribution is 7.89. The summed E-state index contributed by atoms with van der Waals surface area (Å²) in [5, 5.41) is 3.85. The fourth-order valence-electron chi connectivity index (χ4n) is 2.65. The lowest BCUT2D eigenvalue weighted by Crippen LogP contribution is -2.36. The number of amides is 1. The highest BCUT2D eigenvalue weighted by Crippen LogP contribution is 2.32. The molecule has 1 aliphatic rings. The van der Waals surface area contributed by atoms with Gasteiger partial charge in [-0.25, -0.2) is 13.8 Å². The lowest BCUT2D eigenvalue weighted by Gasteiger charge is -2.18. The lowest BCUT2D eigenvalue weighted by atomic mass is 10.2. The van der Waals surface area contributed by atoms with Gasteiger partial charge >= 0.3 is 0 Å². The molecule has 0 bridgehead atoms. The predicted molar refractivity (Wildman–Crippen MR) is 108 cm³/mol. The van der Waals surface area contributed by atoms with Crippen LogP contribution in [0.25, 0.3) is 0 Å². The Morgan fingerprint density at radius 3 is 2.67 bits per heavy atom. The summed E-state index contributed by atoms with van der Waals surface area (Å²) in [5.74, 6) is 1.10. The van der Waals surface area contributed by atoms with Crippen LogP contribution in [0.4, 0.5) is 0 Å². The Bertz CT molecular complexity index is 1070. The second-order valence-electron chi connectivity index (χ2n) is 6.18. The van der Waals surface area contributed by atoms with Gasteiger partial charge in [-0.15, -0.1) is 0 Å². The van der Waals surface area contributed by atoms with E-state index in [2.05, 4.69) is 10.5 Å². The summed E-state index contributed by atoms with van der Waals surface area (Å²) < 4.78 is 47.3. The van der Waals surface area contributed by atoms with E-state index in [9.17, 15) is 13.2 Å². The molecular formula is C19H21N3O7S. The van der Waals surface area contributed by atoms with Gasteiger partial charge in [-0.3, -0.25) is 4.79 Å². The molecule has 0 spiro atoms. The quantitative estimate of drug-likeness (QED) is 0.489. The minimum Gasteiger partial charge on any atom is -0.497 e. The highest BCUT2D eigenvalue weighted by atomic mass is 32.2. The summed E-state index contributed by atoms with van der Waals surface area (Å²) in [6.45, 7) is -0.285. The molecule has 2 aromatic rings. The van der Waals surface area contributed by atoms with E-state index in [1.807, 2.05) is 0 Å². The van der Waals surface area contributed by atoms with E-state index in [0.29, 0.717) is 22.8 Å². The number of nitrogens with zero attached hydrogens (tertiary/aromatic N) is 2. The van der Waals surface area contributed by atoms with E-state index in [1.165, 1.54) is 39.6 Å². The van der Waals surface area contributed by atoms with Gasteiger partial charge in [0.1, 0.15) is 16.4 Å². The Labute approximate surface area is 174 Å². The molecule has 0 atom stereocenters.